The van der Waals surface area contributed by atoms with Gasteiger partial charge in [-0.1, -0.05) is 30.3 Å². The van der Waals surface area contributed by atoms with Crippen LogP contribution in [0.4, 0.5) is 0 Å². The summed E-state index contributed by atoms with van der Waals surface area (Å²) in [6.45, 7) is 1.96. The van der Waals surface area contributed by atoms with Crippen LogP contribution in [0.1, 0.15) is 22.8 Å². The number of amides is 2. The second-order valence-corrected chi connectivity index (χ2v) is 7.46. The molecule has 1 N–H and O–H groups in total. The van der Waals surface area contributed by atoms with E-state index in [0.29, 0.717) is 16.7 Å². The Labute approximate surface area is 151 Å². The molecule has 8 heteroatoms. The molecule has 2 aromatic carbocycles. The van der Waals surface area contributed by atoms with E-state index >= 15 is 0 Å². The molecule has 0 radical (unpaired) electrons. The minimum Gasteiger partial charge on any atom is -0.494 e. The summed E-state index contributed by atoms with van der Waals surface area (Å²) in [5.41, 5.74) is 0.851. The van der Waals surface area contributed by atoms with Crippen LogP contribution in [0.2, 0.25) is 0 Å². The molecule has 0 spiro atoms. The Kier molecular flexibility index (Phi) is 4.94. The van der Waals surface area contributed by atoms with Crippen molar-refractivity contribution in [2.24, 2.45) is 0 Å². The molecule has 2 aromatic rings. The molecule has 0 aromatic heterocycles. The van der Waals surface area contributed by atoms with Gasteiger partial charge in [0.15, 0.2) is 0 Å². The van der Waals surface area contributed by atoms with Gasteiger partial charge in [-0.25, -0.2) is 12.7 Å². The lowest BCUT2D eigenvalue weighted by atomic mass is 10.2. The molecule has 1 heterocycles. The van der Waals surface area contributed by atoms with Gasteiger partial charge >= 0.3 is 0 Å². The smallest absolute Gasteiger partial charge is 0.269 e. The number of ether oxygens (including phenoxy) is 1. The lowest BCUT2D eigenvalue weighted by Crippen LogP contribution is -2.40. The summed E-state index contributed by atoms with van der Waals surface area (Å²) < 4.78 is 31.0. The molecule has 0 unspecified atom stereocenters. The van der Waals surface area contributed by atoms with Gasteiger partial charge in [0.1, 0.15) is 17.2 Å². The summed E-state index contributed by atoms with van der Waals surface area (Å²) in [6, 6.07) is 13.1. The van der Waals surface area contributed by atoms with Crippen molar-refractivity contribution in [2.75, 3.05) is 13.2 Å². The molecule has 7 nitrogen and oxygen atoms in total. The van der Waals surface area contributed by atoms with E-state index in [4.69, 9.17) is 4.74 Å². The van der Waals surface area contributed by atoms with Crippen LogP contribution in [0.5, 0.6) is 5.75 Å². The Hall–Kier alpha value is -2.87. The second kappa shape index (κ2) is 7.17. The zero-order valence-corrected chi connectivity index (χ0v) is 15.0. The van der Waals surface area contributed by atoms with Crippen LogP contribution >= 0.6 is 0 Å². The average Bonchev–Trinajstić information content (AvgIpc) is 2.82. The summed E-state index contributed by atoms with van der Waals surface area (Å²) in [5, 5.41) is 2.63. The highest BCUT2D eigenvalue weighted by Crippen LogP contribution is 2.29. The molecular weight excluding hydrogens is 356 g/mol. The molecule has 26 heavy (non-hydrogen) atoms. The van der Waals surface area contributed by atoms with Crippen molar-refractivity contribution in [2.45, 2.75) is 18.4 Å². The monoisotopic (exact) mass is 374 g/mol. The van der Waals surface area contributed by atoms with E-state index in [2.05, 4.69) is 5.32 Å². The van der Waals surface area contributed by atoms with Gasteiger partial charge in [0.2, 0.25) is 5.91 Å². The molecule has 0 saturated carbocycles. The van der Waals surface area contributed by atoms with E-state index in [1.807, 2.05) is 19.1 Å². The molecule has 1 aliphatic rings. The average molecular weight is 374 g/mol. The second-order valence-electron chi connectivity index (χ2n) is 5.63. The van der Waals surface area contributed by atoms with Crippen molar-refractivity contribution in [3.63, 3.8) is 0 Å². The van der Waals surface area contributed by atoms with Gasteiger partial charge in [-0.3, -0.25) is 9.59 Å². The maximum absolute atomic E-state index is 12.4. The third kappa shape index (κ3) is 3.28. The predicted octanol–water partition coefficient (Wildman–Crippen LogP) is 1.55. The van der Waals surface area contributed by atoms with Crippen molar-refractivity contribution < 1.29 is 22.7 Å². The molecule has 0 atom stereocenters. The number of benzene rings is 2. The molecule has 0 aliphatic carbocycles. The number of sulfonamides is 1. The first-order chi connectivity index (χ1) is 12.4. The summed E-state index contributed by atoms with van der Waals surface area (Å²) in [6.07, 6.45) is 0. The zero-order chi connectivity index (χ0) is 18.7. The first-order valence-electron chi connectivity index (χ1n) is 8.08. The molecular formula is C18H18N2O5S. The maximum Gasteiger partial charge on any atom is 0.269 e. The Morgan fingerprint density at radius 1 is 1.12 bits per heavy atom. The third-order valence-corrected chi connectivity index (χ3v) is 5.73. The number of hydrogen-bond acceptors (Lipinski definition) is 5. The van der Waals surface area contributed by atoms with Crippen LogP contribution in [0, 0.1) is 0 Å². The Morgan fingerprint density at radius 2 is 1.81 bits per heavy atom. The van der Waals surface area contributed by atoms with Crippen molar-refractivity contribution in [1.29, 1.82) is 0 Å². The van der Waals surface area contributed by atoms with E-state index < -0.39 is 28.4 Å². The minimum atomic E-state index is -3.99. The third-order valence-electron chi connectivity index (χ3n) is 3.95. The highest BCUT2D eigenvalue weighted by atomic mass is 32.2. The Morgan fingerprint density at radius 3 is 2.54 bits per heavy atom. The first-order valence-corrected chi connectivity index (χ1v) is 9.52. The highest BCUT2D eigenvalue weighted by molar-refractivity contribution is 7.90. The Balaban J connectivity index is 1.69. The van der Waals surface area contributed by atoms with Crippen LogP contribution in [0.15, 0.2) is 53.4 Å². The quantitative estimate of drug-likeness (QED) is 0.828. The van der Waals surface area contributed by atoms with Gasteiger partial charge in [-0.05, 0) is 25.1 Å². The van der Waals surface area contributed by atoms with Crippen LogP contribution in [-0.4, -0.2) is 37.7 Å². The van der Waals surface area contributed by atoms with E-state index in [1.54, 1.807) is 18.2 Å². The van der Waals surface area contributed by atoms with Crippen molar-refractivity contribution in [3.05, 3.63) is 59.7 Å². The number of nitrogens with zero attached hydrogens (tertiary/aromatic N) is 1. The normalized spacial score (nSPS) is 14.8. The van der Waals surface area contributed by atoms with Crippen LogP contribution < -0.4 is 10.1 Å². The fourth-order valence-corrected chi connectivity index (χ4v) is 4.24. The van der Waals surface area contributed by atoms with Gasteiger partial charge in [-0.15, -0.1) is 0 Å². The molecule has 3 rings (SSSR count). The van der Waals surface area contributed by atoms with Gasteiger partial charge < -0.3 is 10.1 Å². The molecule has 0 bridgehead atoms. The SMILES string of the molecule is CCOc1ccccc1CNC(=O)CN1C(=O)c2ccccc2S1(=O)=O. The van der Waals surface area contributed by atoms with Gasteiger partial charge in [-0.2, -0.15) is 0 Å². The lowest BCUT2D eigenvalue weighted by molar-refractivity contribution is -0.121. The summed E-state index contributed by atoms with van der Waals surface area (Å²) >= 11 is 0. The molecule has 1 aliphatic heterocycles. The number of carbonyl (C=O) groups is 2. The fourth-order valence-electron chi connectivity index (χ4n) is 2.71. The van der Waals surface area contributed by atoms with Crippen molar-refractivity contribution in [1.82, 2.24) is 9.62 Å². The molecule has 0 fully saturated rings. The number of hydrogen-bond donors (Lipinski definition) is 1. The Bertz CT molecular complexity index is 956. The van der Waals surface area contributed by atoms with Gasteiger partial charge in [0.25, 0.3) is 15.9 Å². The highest BCUT2D eigenvalue weighted by Gasteiger charge is 2.41. The standard InChI is InChI=1S/C18H18N2O5S/c1-2-25-15-9-5-3-7-13(15)11-19-17(21)12-20-18(22)14-8-4-6-10-16(14)26(20,23)24/h3-10H,2,11-12H2,1H3,(H,19,21). The molecule has 2 amide bonds. The van der Waals surface area contributed by atoms with Crippen molar-refractivity contribution >= 4 is 21.8 Å². The fraction of sp³-hybridized carbons (Fsp3) is 0.222. The molecule has 0 saturated heterocycles. The van der Waals surface area contributed by atoms with Crippen LogP contribution in [-0.2, 0) is 21.4 Å². The topological polar surface area (TPSA) is 92.8 Å². The molecule has 136 valence electrons. The number of rotatable bonds is 6. The minimum absolute atomic E-state index is 0.0699. The lowest BCUT2D eigenvalue weighted by Gasteiger charge is -2.15. The van der Waals surface area contributed by atoms with E-state index in [-0.39, 0.29) is 17.0 Å². The first kappa shape index (κ1) is 17.9. The zero-order valence-electron chi connectivity index (χ0n) is 14.1. The van der Waals surface area contributed by atoms with Gasteiger partial charge in [0, 0.05) is 12.1 Å². The van der Waals surface area contributed by atoms with Crippen molar-refractivity contribution in [3.8, 4) is 5.75 Å². The maximum atomic E-state index is 12.4. The number of carbonyl (C=O) groups excluding carboxylic acids is 2. The summed E-state index contributed by atoms with van der Waals surface area (Å²) in [4.78, 5) is 24.5. The largest absolute Gasteiger partial charge is 0.494 e. The number of fused-ring (bicyclic) bond motifs is 1. The predicted molar refractivity (Wildman–Crippen MR) is 94.1 cm³/mol. The van der Waals surface area contributed by atoms with Gasteiger partial charge in [0.05, 0.1) is 12.2 Å². The van der Waals surface area contributed by atoms with E-state index in [0.717, 1.165) is 5.56 Å². The van der Waals surface area contributed by atoms with E-state index in [9.17, 15) is 18.0 Å². The summed E-state index contributed by atoms with van der Waals surface area (Å²) in [7, 11) is -3.99. The van der Waals surface area contributed by atoms with E-state index in [1.165, 1.54) is 18.2 Å². The number of nitrogens with one attached hydrogen (secondary N) is 1. The van der Waals surface area contributed by atoms with Crippen LogP contribution in [0.25, 0.3) is 0 Å². The van der Waals surface area contributed by atoms with Crippen LogP contribution in [0.3, 0.4) is 0 Å². The number of para-hydroxylation sites is 1. The summed E-state index contributed by atoms with van der Waals surface area (Å²) in [5.74, 6) is -0.612.